The van der Waals surface area contributed by atoms with Crippen LogP contribution >= 0.6 is 11.6 Å². The van der Waals surface area contributed by atoms with Crippen molar-refractivity contribution in [1.82, 2.24) is 4.98 Å². The van der Waals surface area contributed by atoms with Crippen molar-refractivity contribution in [3.63, 3.8) is 0 Å². The van der Waals surface area contributed by atoms with Gasteiger partial charge >= 0.3 is 5.97 Å². The van der Waals surface area contributed by atoms with Gasteiger partial charge in [-0.05, 0) is 48.5 Å². The second kappa shape index (κ2) is 9.10. The smallest absolute Gasteiger partial charge is 0.306 e. The Morgan fingerprint density at radius 3 is 2.54 bits per heavy atom. The normalized spacial score (nSPS) is 10.5. The van der Waals surface area contributed by atoms with Crippen LogP contribution in [0.3, 0.4) is 0 Å². The first kappa shape index (κ1) is 19.5. The molecule has 0 aliphatic carbocycles. The van der Waals surface area contributed by atoms with Gasteiger partial charge in [-0.2, -0.15) is 0 Å². The maximum Gasteiger partial charge on any atom is 0.306 e. The lowest BCUT2D eigenvalue weighted by Gasteiger charge is -2.09. The average molecular weight is 397 g/mol. The number of ketones is 1. The highest BCUT2D eigenvalue weighted by molar-refractivity contribution is 6.30. The van der Waals surface area contributed by atoms with Crippen molar-refractivity contribution >= 4 is 45.9 Å². The first-order valence-electron chi connectivity index (χ1n) is 8.61. The summed E-state index contributed by atoms with van der Waals surface area (Å²) in [4.78, 5) is 40.1. The molecule has 1 N–H and O–H groups in total. The molecule has 0 spiro atoms. The molecule has 1 amide bonds. The van der Waals surface area contributed by atoms with Crippen molar-refractivity contribution < 1.29 is 19.1 Å². The van der Waals surface area contributed by atoms with Crippen molar-refractivity contribution in [3.05, 3.63) is 71.4 Å². The summed E-state index contributed by atoms with van der Waals surface area (Å²) in [7, 11) is 0. The number of nitrogens with one attached hydrogen (secondary N) is 1. The molecule has 2 aromatic carbocycles. The van der Waals surface area contributed by atoms with Gasteiger partial charge < -0.3 is 10.1 Å². The lowest BCUT2D eigenvalue weighted by molar-refractivity contribution is -0.147. The zero-order valence-corrected chi connectivity index (χ0v) is 15.6. The van der Waals surface area contributed by atoms with Gasteiger partial charge in [0.05, 0.1) is 17.6 Å². The molecule has 28 heavy (non-hydrogen) atoms. The molecule has 0 saturated carbocycles. The lowest BCUT2D eigenvalue weighted by atomic mass is 10.1. The molecule has 0 atom stereocenters. The molecule has 142 valence electrons. The van der Waals surface area contributed by atoms with E-state index in [1.165, 1.54) is 0 Å². The van der Waals surface area contributed by atoms with Crippen LogP contribution in [0, 0.1) is 0 Å². The number of esters is 1. The van der Waals surface area contributed by atoms with E-state index < -0.39 is 18.5 Å². The highest BCUT2D eigenvalue weighted by Gasteiger charge is 2.13. The topological polar surface area (TPSA) is 85.4 Å². The van der Waals surface area contributed by atoms with Gasteiger partial charge in [-0.3, -0.25) is 19.4 Å². The zero-order valence-electron chi connectivity index (χ0n) is 14.9. The molecule has 0 aliphatic rings. The molecule has 3 rings (SSSR count). The van der Waals surface area contributed by atoms with Gasteiger partial charge in [0.1, 0.15) is 0 Å². The van der Waals surface area contributed by atoms with E-state index in [1.807, 2.05) is 12.1 Å². The van der Waals surface area contributed by atoms with E-state index in [-0.39, 0.29) is 18.6 Å². The number of ether oxygens (including phenoxy) is 1. The van der Waals surface area contributed by atoms with Crippen LogP contribution in [0.25, 0.3) is 10.9 Å². The summed E-state index contributed by atoms with van der Waals surface area (Å²) in [5.41, 5.74) is 1.81. The summed E-state index contributed by atoms with van der Waals surface area (Å²) in [6.07, 6.45) is 1.56. The number of aromatic nitrogens is 1. The minimum absolute atomic E-state index is 0.00290. The van der Waals surface area contributed by atoms with E-state index in [1.54, 1.807) is 48.7 Å². The summed E-state index contributed by atoms with van der Waals surface area (Å²) in [6.45, 7) is -0.426. The second-order valence-electron chi connectivity index (χ2n) is 6.01. The largest absolute Gasteiger partial charge is 0.456 e. The average Bonchev–Trinajstić information content (AvgIpc) is 2.71. The predicted octanol–water partition coefficient (Wildman–Crippen LogP) is 4.03. The number of anilines is 1. The summed E-state index contributed by atoms with van der Waals surface area (Å²) in [6, 6.07) is 15.4. The van der Waals surface area contributed by atoms with Gasteiger partial charge in [0.2, 0.25) is 0 Å². The first-order valence-corrected chi connectivity index (χ1v) is 8.99. The van der Waals surface area contributed by atoms with Crippen LogP contribution in [-0.4, -0.2) is 29.3 Å². The van der Waals surface area contributed by atoms with Crippen LogP contribution in [0.15, 0.2) is 60.8 Å². The van der Waals surface area contributed by atoms with Crippen LogP contribution in [0.4, 0.5) is 5.69 Å². The third kappa shape index (κ3) is 5.14. The van der Waals surface area contributed by atoms with Crippen molar-refractivity contribution in [2.24, 2.45) is 0 Å². The van der Waals surface area contributed by atoms with Crippen LogP contribution < -0.4 is 5.32 Å². The summed E-state index contributed by atoms with van der Waals surface area (Å²) in [5.74, 6) is -1.27. The third-order valence-corrected chi connectivity index (χ3v) is 4.26. The Morgan fingerprint density at radius 2 is 1.75 bits per heavy atom. The van der Waals surface area contributed by atoms with E-state index in [4.69, 9.17) is 16.3 Å². The zero-order chi connectivity index (χ0) is 19.9. The van der Waals surface area contributed by atoms with E-state index >= 15 is 0 Å². The Hall–Kier alpha value is -3.25. The van der Waals surface area contributed by atoms with Crippen LogP contribution in [0.1, 0.15) is 23.2 Å². The molecule has 0 fully saturated rings. The van der Waals surface area contributed by atoms with E-state index in [0.717, 1.165) is 10.9 Å². The minimum Gasteiger partial charge on any atom is -0.456 e. The number of fused-ring (bicyclic) bond motifs is 1. The van der Waals surface area contributed by atoms with Crippen molar-refractivity contribution in [2.45, 2.75) is 12.8 Å². The van der Waals surface area contributed by atoms with Gasteiger partial charge in [0.15, 0.2) is 12.4 Å². The summed E-state index contributed by atoms with van der Waals surface area (Å²) < 4.78 is 4.95. The fourth-order valence-corrected chi connectivity index (χ4v) is 2.74. The number of rotatable bonds is 7. The van der Waals surface area contributed by atoms with Crippen molar-refractivity contribution in [1.29, 1.82) is 0 Å². The fourth-order valence-electron chi connectivity index (χ4n) is 2.61. The fraction of sp³-hybridized carbons (Fsp3) is 0.143. The molecule has 0 unspecified atom stereocenters. The number of halogens is 1. The molecule has 0 saturated heterocycles. The molecular weight excluding hydrogens is 380 g/mol. The van der Waals surface area contributed by atoms with Crippen molar-refractivity contribution in [3.8, 4) is 0 Å². The van der Waals surface area contributed by atoms with Crippen LogP contribution in [0.5, 0.6) is 0 Å². The second-order valence-corrected chi connectivity index (χ2v) is 6.45. The predicted molar refractivity (Wildman–Crippen MR) is 106 cm³/mol. The number of Topliss-reactive ketones (excluding diaryl/α,β-unsaturated/α-hetero) is 1. The Balaban J connectivity index is 1.47. The molecular formula is C21H17ClN2O4. The quantitative estimate of drug-likeness (QED) is 0.481. The van der Waals surface area contributed by atoms with E-state index in [9.17, 15) is 14.4 Å². The van der Waals surface area contributed by atoms with Crippen molar-refractivity contribution in [2.75, 3.05) is 11.9 Å². The molecule has 6 nitrogen and oxygen atoms in total. The lowest BCUT2D eigenvalue weighted by Crippen LogP contribution is -2.21. The number of hydrogen-bond donors (Lipinski definition) is 1. The highest BCUT2D eigenvalue weighted by atomic mass is 35.5. The first-order chi connectivity index (χ1) is 13.5. The Morgan fingerprint density at radius 1 is 0.964 bits per heavy atom. The maximum atomic E-state index is 12.1. The summed E-state index contributed by atoms with van der Waals surface area (Å²) >= 11 is 5.78. The molecule has 0 bridgehead atoms. The van der Waals surface area contributed by atoms with Gasteiger partial charge in [0, 0.05) is 28.6 Å². The molecule has 1 heterocycles. The van der Waals surface area contributed by atoms with Gasteiger partial charge in [0.25, 0.3) is 5.91 Å². The standard InChI is InChI=1S/C21H17ClN2O4/c22-15-8-6-14(7-9-15)19(25)10-11-21(27)28-13-20(26)24-18-5-1-4-17-16(18)3-2-12-23-17/h1-9,12H,10-11,13H2,(H,24,26). The number of nitrogens with zero attached hydrogens (tertiary/aromatic N) is 1. The molecule has 1 aromatic heterocycles. The number of carbonyl (C=O) groups excluding carboxylic acids is 3. The van der Waals surface area contributed by atoms with Crippen LogP contribution in [-0.2, 0) is 14.3 Å². The van der Waals surface area contributed by atoms with Gasteiger partial charge in [-0.25, -0.2) is 0 Å². The number of hydrogen-bond acceptors (Lipinski definition) is 5. The molecule has 0 aliphatic heterocycles. The third-order valence-electron chi connectivity index (χ3n) is 4.01. The highest BCUT2D eigenvalue weighted by Crippen LogP contribution is 2.21. The monoisotopic (exact) mass is 396 g/mol. The number of amides is 1. The van der Waals surface area contributed by atoms with E-state index in [2.05, 4.69) is 10.3 Å². The van der Waals surface area contributed by atoms with Gasteiger partial charge in [-0.15, -0.1) is 0 Å². The van der Waals surface area contributed by atoms with Crippen LogP contribution in [0.2, 0.25) is 5.02 Å². The Kier molecular flexibility index (Phi) is 6.34. The molecule has 7 heteroatoms. The summed E-state index contributed by atoms with van der Waals surface area (Å²) in [5, 5.41) is 4.02. The Labute approximate surface area is 166 Å². The number of benzene rings is 2. The number of carbonyl (C=O) groups is 3. The Bertz CT molecular complexity index is 1010. The molecule has 0 radical (unpaired) electrons. The number of pyridine rings is 1. The molecule has 3 aromatic rings. The minimum atomic E-state index is -0.614. The van der Waals surface area contributed by atoms with E-state index in [0.29, 0.717) is 16.3 Å². The SMILES string of the molecule is O=C(COC(=O)CCC(=O)c1ccc(Cl)cc1)Nc1cccc2ncccc12. The maximum absolute atomic E-state index is 12.1. The van der Waals surface area contributed by atoms with Gasteiger partial charge in [-0.1, -0.05) is 17.7 Å².